The highest BCUT2D eigenvalue weighted by Gasteiger charge is 2.19. The Hall–Kier alpha value is -7.63. The van der Waals surface area contributed by atoms with Crippen LogP contribution in [0.5, 0.6) is 0 Å². The molecule has 8 aromatic carbocycles. The molecule has 262 valence electrons. The van der Waals surface area contributed by atoms with Crippen LogP contribution in [0.4, 0.5) is 0 Å². The molecule has 0 N–H and O–H groups in total. The number of nitrogens with zero attached hydrogens (tertiary/aromatic N) is 4. The van der Waals surface area contributed by atoms with E-state index >= 15 is 0 Å². The van der Waals surface area contributed by atoms with E-state index in [9.17, 15) is 6.85 Å². The first kappa shape index (κ1) is 21.3. The van der Waals surface area contributed by atoms with Gasteiger partial charge in [-0.05, 0) is 70.7 Å². The Kier molecular flexibility index (Phi) is 4.96. The number of para-hydroxylation sites is 1. The average molecular weight is 730 g/mol. The van der Waals surface area contributed by atoms with Crippen LogP contribution in [-0.4, -0.2) is 19.5 Å². The lowest BCUT2D eigenvalue weighted by Gasteiger charge is -2.11. The molecule has 5 nitrogen and oxygen atoms in total. The molecule has 11 rings (SSSR count). The first-order valence-corrected chi connectivity index (χ1v) is 17.7. The molecular formula is C51H32N4O. The van der Waals surface area contributed by atoms with Gasteiger partial charge in [-0.25, -0.2) is 15.0 Å². The van der Waals surface area contributed by atoms with Crippen molar-refractivity contribution in [2.24, 2.45) is 0 Å². The first-order chi connectivity index (χ1) is 33.1. The monoisotopic (exact) mass is 729 g/mol. The molecule has 0 aliphatic carbocycles. The Morgan fingerprint density at radius 1 is 0.429 bits per heavy atom. The zero-order valence-corrected chi connectivity index (χ0v) is 29.2. The lowest BCUT2D eigenvalue weighted by Crippen LogP contribution is -2.00. The molecule has 0 radical (unpaired) electrons. The van der Waals surface area contributed by atoms with Crippen LogP contribution in [0.3, 0.4) is 0 Å². The number of hydrogen-bond donors (Lipinski definition) is 0. The second-order valence-electron chi connectivity index (χ2n) is 13.0. The van der Waals surface area contributed by atoms with E-state index in [1.54, 1.807) is 24.3 Å². The highest BCUT2D eigenvalue weighted by Crippen LogP contribution is 2.40. The van der Waals surface area contributed by atoms with E-state index in [1.165, 1.54) is 10.6 Å². The van der Waals surface area contributed by atoms with E-state index in [-0.39, 0.29) is 80.4 Å². The topological polar surface area (TPSA) is 56.7 Å². The van der Waals surface area contributed by atoms with Crippen LogP contribution in [0.2, 0.25) is 0 Å². The number of aromatic nitrogens is 4. The fourth-order valence-corrected chi connectivity index (χ4v) is 7.07. The summed E-state index contributed by atoms with van der Waals surface area (Å²) in [5, 5.41) is 0.785. The zero-order chi connectivity index (χ0) is 48.3. The summed E-state index contributed by atoms with van der Waals surface area (Å²) in [6, 6.07) is 27.0. The van der Waals surface area contributed by atoms with Gasteiger partial charge in [0.05, 0.1) is 28.9 Å². The molecule has 56 heavy (non-hydrogen) atoms. The predicted octanol–water partition coefficient (Wildman–Crippen LogP) is 13.2. The second-order valence-corrected chi connectivity index (χ2v) is 13.0. The van der Waals surface area contributed by atoms with E-state index in [1.807, 2.05) is 72.8 Å². The van der Waals surface area contributed by atoms with Crippen molar-refractivity contribution in [3.8, 4) is 62.1 Å². The van der Waals surface area contributed by atoms with Crippen LogP contribution in [-0.2, 0) is 0 Å². The number of furan rings is 1. The van der Waals surface area contributed by atoms with Crippen LogP contribution in [0.15, 0.2) is 198 Å². The molecule has 0 unspecified atom stereocenters. The van der Waals surface area contributed by atoms with E-state index in [4.69, 9.17) is 30.3 Å². The first-order valence-electron chi connectivity index (χ1n) is 24.2. The third-order valence-corrected chi connectivity index (χ3v) is 9.63. The molecule has 0 saturated carbocycles. The summed E-state index contributed by atoms with van der Waals surface area (Å²) in [6.45, 7) is 0. The highest BCUT2D eigenvalue weighted by molar-refractivity contribution is 6.13. The molecule has 0 bridgehead atoms. The molecule has 11 aromatic rings. The lowest BCUT2D eigenvalue weighted by molar-refractivity contribution is 0.669. The summed E-state index contributed by atoms with van der Waals surface area (Å²) >= 11 is 0. The van der Waals surface area contributed by atoms with Crippen LogP contribution in [0.25, 0.3) is 106 Å². The van der Waals surface area contributed by atoms with Crippen molar-refractivity contribution in [1.29, 1.82) is 0 Å². The average Bonchev–Trinajstić information content (AvgIpc) is 3.91. The van der Waals surface area contributed by atoms with Gasteiger partial charge < -0.3 is 8.98 Å². The molecule has 0 saturated heterocycles. The van der Waals surface area contributed by atoms with Crippen LogP contribution in [0.1, 0.15) is 17.8 Å². The van der Waals surface area contributed by atoms with Gasteiger partial charge in [0.1, 0.15) is 11.2 Å². The summed E-state index contributed by atoms with van der Waals surface area (Å²) in [6.07, 6.45) is 0. The maximum atomic E-state index is 9.83. The fraction of sp³-hybridized carbons (Fsp3) is 0. The summed E-state index contributed by atoms with van der Waals surface area (Å²) < 4.78 is 125. The van der Waals surface area contributed by atoms with E-state index < -0.39 is 42.3 Å². The van der Waals surface area contributed by atoms with Crippen LogP contribution in [0, 0.1) is 0 Å². The molecular weight excluding hydrogens is 685 g/mol. The number of rotatable bonds is 6. The standard InChI is InChI=1S/C51H32N4O/c1-4-14-33(15-5-1)37-26-28-45-42(31-37)40-22-10-11-24-44(40)55(45)39-21-12-20-36(30-39)38-27-29-46-43(32-38)48-41(23-13-25-47(48)56-46)51-53-49(34-16-6-2-7-17-34)52-50(54-51)35-18-8-3-9-19-35/h1-32H/i1D,10D,11D,12D,14D,15D,20D,22D,24D,26D,28D,30D,31D. The van der Waals surface area contributed by atoms with E-state index in [0.29, 0.717) is 50.5 Å². The lowest BCUT2D eigenvalue weighted by atomic mass is 10.00. The quantitative estimate of drug-likeness (QED) is 0.171. The Morgan fingerprint density at radius 3 is 1.93 bits per heavy atom. The molecule has 0 atom stereocenters. The van der Waals surface area contributed by atoms with Crippen molar-refractivity contribution in [3.05, 3.63) is 194 Å². The summed E-state index contributed by atoms with van der Waals surface area (Å²) in [5.41, 5.74) is 2.24. The van der Waals surface area contributed by atoms with E-state index in [2.05, 4.69) is 0 Å². The SMILES string of the molecule is [2H]c1cc([2H])c(-c2c([2H])c([2H])c3c(c2[2H])c2c([2H])c([2H])c([2H])c([2H])c2n3-c2cc([2H])c([2H])c(-c3ccc4oc5cccc(-c6nc(-c7ccccc7)nc(-c7ccccc7)n6)c5c4c3)c2[2H])c([2H])c1. The Bertz CT molecular complexity index is 3930. The molecule has 0 aliphatic rings. The maximum Gasteiger partial charge on any atom is 0.164 e. The minimum atomic E-state index is -0.651. The highest BCUT2D eigenvalue weighted by atomic mass is 16.3. The third-order valence-electron chi connectivity index (χ3n) is 9.63. The van der Waals surface area contributed by atoms with Gasteiger partial charge in [-0.15, -0.1) is 0 Å². The molecule has 0 aliphatic heterocycles. The smallest absolute Gasteiger partial charge is 0.164 e. The molecule has 3 heterocycles. The number of benzene rings is 8. The van der Waals surface area contributed by atoms with Gasteiger partial charge in [0.15, 0.2) is 17.5 Å². The minimum absolute atomic E-state index is 0.0338. The van der Waals surface area contributed by atoms with Gasteiger partial charge in [-0.1, -0.05) is 145 Å². The molecule has 5 heteroatoms. The number of hydrogen-bond acceptors (Lipinski definition) is 4. The van der Waals surface area contributed by atoms with Crippen LogP contribution >= 0.6 is 0 Å². The van der Waals surface area contributed by atoms with Gasteiger partial charge in [0.25, 0.3) is 0 Å². The minimum Gasteiger partial charge on any atom is -0.456 e. The van der Waals surface area contributed by atoms with Crippen LogP contribution < -0.4 is 0 Å². The normalized spacial score (nSPS) is 14.8. The third kappa shape index (κ3) is 5.37. The number of fused-ring (bicyclic) bond motifs is 6. The van der Waals surface area contributed by atoms with Gasteiger partial charge in [-0.2, -0.15) is 0 Å². The summed E-state index contributed by atoms with van der Waals surface area (Å²) in [7, 11) is 0. The van der Waals surface area contributed by atoms with Gasteiger partial charge in [0.2, 0.25) is 0 Å². The summed E-state index contributed by atoms with van der Waals surface area (Å²) in [5.74, 6) is 1.26. The van der Waals surface area contributed by atoms with Gasteiger partial charge >= 0.3 is 0 Å². The Balaban J connectivity index is 1.17. The zero-order valence-electron chi connectivity index (χ0n) is 42.2. The Labute approximate surface area is 341 Å². The Morgan fingerprint density at radius 2 is 1.14 bits per heavy atom. The largest absolute Gasteiger partial charge is 0.456 e. The van der Waals surface area contributed by atoms with E-state index in [0.717, 1.165) is 23.3 Å². The molecule has 0 amide bonds. The van der Waals surface area contributed by atoms with Gasteiger partial charge in [0, 0.05) is 43.9 Å². The van der Waals surface area contributed by atoms with Crippen molar-refractivity contribution in [1.82, 2.24) is 19.5 Å². The van der Waals surface area contributed by atoms with Gasteiger partial charge in [-0.3, -0.25) is 0 Å². The fourth-order valence-electron chi connectivity index (χ4n) is 7.07. The molecule has 3 aromatic heterocycles. The summed E-state index contributed by atoms with van der Waals surface area (Å²) in [4.78, 5) is 14.7. The van der Waals surface area contributed by atoms with Crippen molar-refractivity contribution < 1.29 is 22.2 Å². The molecule has 0 spiro atoms. The van der Waals surface area contributed by atoms with Crippen molar-refractivity contribution in [2.75, 3.05) is 0 Å². The van der Waals surface area contributed by atoms with Crippen molar-refractivity contribution in [2.45, 2.75) is 0 Å². The van der Waals surface area contributed by atoms with Crippen molar-refractivity contribution >= 4 is 43.7 Å². The van der Waals surface area contributed by atoms with Crippen molar-refractivity contribution in [3.63, 3.8) is 0 Å². The molecule has 0 fully saturated rings. The maximum absolute atomic E-state index is 9.83. The second kappa shape index (κ2) is 13.0. The predicted molar refractivity (Wildman–Crippen MR) is 229 cm³/mol.